The van der Waals surface area contributed by atoms with Gasteiger partial charge in [0.1, 0.15) is 11.6 Å². The van der Waals surface area contributed by atoms with Gasteiger partial charge < -0.3 is 14.9 Å². The number of amides is 1. The molecule has 2 rings (SSSR count). The summed E-state index contributed by atoms with van der Waals surface area (Å²) in [5.74, 6) is -1.33. The fourth-order valence-corrected chi connectivity index (χ4v) is 3.12. The summed E-state index contributed by atoms with van der Waals surface area (Å²) >= 11 is 0. The van der Waals surface area contributed by atoms with E-state index in [9.17, 15) is 19.8 Å². The minimum atomic E-state index is -1.02. The number of nitrogens with zero attached hydrogens (tertiary/aromatic N) is 1. The standard InChI is InChI=1S/C13H21NO5/c1-13(2,3)19-12(18)14-6-8-7(4-5-9(8)15)10(14)11(16)17/h7-10,15H,4-6H2,1-3H3,(H,16,17)/t7-,8-,9+,10-/m0/s1. The topological polar surface area (TPSA) is 87.1 Å². The molecule has 0 aromatic rings. The zero-order valence-electron chi connectivity index (χ0n) is 11.5. The van der Waals surface area contributed by atoms with Crippen LogP contribution in [0.15, 0.2) is 0 Å². The Hall–Kier alpha value is -1.30. The lowest BCUT2D eigenvalue weighted by Crippen LogP contribution is -2.45. The first kappa shape index (κ1) is 14.1. The van der Waals surface area contributed by atoms with Gasteiger partial charge in [-0.05, 0) is 39.5 Å². The number of aliphatic hydroxyl groups is 1. The molecular formula is C13H21NO5. The molecule has 1 aliphatic heterocycles. The van der Waals surface area contributed by atoms with E-state index in [1.165, 1.54) is 4.90 Å². The van der Waals surface area contributed by atoms with Gasteiger partial charge >= 0.3 is 12.1 Å². The molecule has 4 atom stereocenters. The fraction of sp³-hybridized carbons (Fsp3) is 0.846. The molecule has 2 aliphatic rings. The Balaban J connectivity index is 2.16. The van der Waals surface area contributed by atoms with Crippen LogP contribution in [0.4, 0.5) is 4.79 Å². The third-order valence-electron chi connectivity index (χ3n) is 3.87. The second-order valence-electron chi connectivity index (χ2n) is 6.39. The molecule has 19 heavy (non-hydrogen) atoms. The van der Waals surface area contributed by atoms with Crippen LogP contribution in [0.2, 0.25) is 0 Å². The summed E-state index contributed by atoms with van der Waals surface area (Å²) < 4.78 is 5.24. The van der Waals surface area contributed by atoms with Gasteiger partial charge in [0, 0.05) is 12.5 Å². The van der Waals surface area contributed by atoms with Crippen LogP contribution in [-0.4, -0.2) is 51.5 Å². The first-order chi connectivity index (χ1) is 8.70. The molecule has 1 aliphatic carbocycles. The van der Waals surface area contributed by atoms with E-state index < -0.39 is 29.8 Å². The SMILES string of the molecule is CC(C)(C)OC(=O)N1C[C@H]2[C@H](CC[C@H]2O)[C@H]1C(=O)O. The van der Waals surface area contributed by atoms with Gasteiger partial charge in [-0.2, -0.15) is 0 Å². The molecule has 1 saturated heterocycles. The molecular weight excluding hydrogens is 250 g/mol. The molecule has 0 aromatic carbocycles. The lowest BCUT2D eigenvalue weighted by Gasteiger charge is -2.28. The number of carbonyl (C=O) groups excluding carboxylic acids is 1. The Kier molecular flexibility index (Phi) is 3.47. The molecule has 0 radical (unpaired) electrons. The van der Waals surface area contributed by atoms with Crippen molar-refractivity contribution in [1.82, 2.24) is 4.90 Å². The highest BCUT2D eigenvalue weighted by Gasteiger charge is 2.53. The number of rotatable bonds is 1. The summed E-state index contributed by atoms with van der Waals surface area (Å²) in [6.07, 6.45) is 0.129. The van der Waals surface area contributed by atoms with Crippen molar-refractivity contribution in [2.45, 2.75) is 51.4 Å². The first-order valence-corrected chi connectivity index (χ1v) is 6.61. The summed E-state index contributed by atoms with van der Waals surface area (Å²) in [4.78, 5) is 24.7. The quantitative estimate of drug-likeness (QED) is 0.745. The van der Waals surface area contributed by atoms with Crippen molar-refractivity contribution >= 4 is 12.1 Å². The largest absolute Gasteiger partial charge is 0.480 e. The van der Waals surface area contributed by atoms with Gasteiger partial charge in [-0.3, -0.25) is 4.90 Å². The molecule has 0 spiro atoms. The molecule has 108 valence electrons. The van der Waals surface area contributed by atoms with Crippen LogP contribution in [-0.2, 0) is 9.53 Å². The Morgan fingerprint density at radius 3 is 2.37 bits per heavy atom. The Morgan fingerprint density at radius 1 is 1.21 bits per heavy atom. The maximum Gasteiger partial charge on any atom is 0.411 e. The van der Waals surface area contributed by atoms with Gasteiger partial charge in [0.05, 0.1) is 6.10 Å². The van der Waals surface area contributed by atoms with Gasteiger partial charge in [0.25, 0.3) is 0 Å². The van der Waals surface area contributed by atoms with Gasteiger partial charge in [0.2, 0.25) is 0 Å². The number of hydrogen-bond acceptors (Lipinski definition) is 4. The number of aliphatic carboxylic acids is 1. The van der Waals surface area contributed by atoms with Gasteiger partial charge in [0.15, 0.2) is 0 Å². The van der Waals surface area contributed by atoms with E-state index in [1.54, 1.807) is 20.8 Å². The van der Waals surface area contributed by atoms with Crippen molar-refractivity contribution in [3.63, 3.8) is 0 Å². The summed E-state index contributed by atoms with van der Waals surface area (Å²) in [5, 5.41) is 19.2. The maximum absolute atomic E-state index is 12.1. The number of likely N-dealkylation sites (tertiary alicyclic amines) is 1. The second kappa shape index (κ2) is 4.67. The molecule has 1 amide bonds. The van der Waals surface area contributed by atoms with E-state index >= 15 is 0 Å². The molecule has 1 heterocycles. The highest BCUT2D eigenvalue weighted by molar-refractivity contribution is 5.81. The highest BCUT2D eigenvalue weighted by Crippen LogP contribution is 2.42. The number of fused-ring (bicyclic) bond motifs is 1. The lowest BCUT2D eigenvalue weighted by molar-refractivity contribution is -0.143. The van der Waals surface area contributed by atoms with E-state index in [-0.39, 0.29) is 18.4 Å². The summed E-state index contributed by atoms with van der Waals surface area (Å²) in [6, 6.07) is -0.878. The van der Waals surface area contributed by atoms with Gasteiger partial charge in [-0.1, -0.05) is 0 Å². The van der Waals surface area contributed by atoms with E-state index in [4.69, 9.17) is 4.74 Å². The molecule has 1 saturated carbocycles. The van der Waals surface area contributed by atoms with E-state index in [0.717, 1.165) is 0 Å². The molecule has 2 N–H and O–H groups in total. The van der Waals surface area contributed by atoms with Crippen LogP contribution >= 0.6 is 0 Å². The molecule has 2 fully saturated rings. The summed E-state index contributed by atoms with van der Waals surface area (Å²) in [5.41, 5.74) is -0.656. The molecule has 0 bridgehead atoms. The van der Waals surface area contributed by atoms with Crippen LogP contribution in [0, 0.1) is 11.8 Å². The predicted molar refractivity (Wildman–Crippen MR) is 66.6 cm³/mol. The van der Waals surface area contributed by atoms with E-state index in [0.29, 0.717) is 12.8 Å². The van der Waals surface area contributed by atoms with Crippen molar-refractivity contribution in [2.24, 2.45) is 11.8 Å². The smallest absolute Gasteiger partial charge is 0.411 e. The van der Waals surface area contributed by atoms with Crippen molar-refractivity contribution in [3.8, 4) is 0 Å². The van der Waals surface area contributed by atoms with E-state index in [1.807, 2.05) is 0 Å². The molecule has 0 unspecified atom stereocenters. The summed E-state index contributed by atoms with van der Waals surface area (Å²) in [7, 11) is 0. The Labute approximate surface area is 112 Å². The first-order valence-electron chi connectivity index (χ1n) is 6.61. The van der Waals surface area contributed by atoms with Crippen LogP contribution in [0.3, 0.4) is 0 Å². The summed E-state index contributed by atoms with van der Waals surface area (Å²) in [6.45, 7) is 5.49. The highest BCUT2D eigenvalue weighted by atomic mass is 16.6. The average Bonchev–Trinajstić information content (AvgIpc) is 2.76. The number of carboxylic acids is 1. The zero-order chi connectivity index (χ0) is 14.4. The minimum Gasteiger partial charge on any atom is -0.480 e. The number of ether oxygens (including phenoxy) is 1. The Morgan fingerprint density at radius 2 is 1.84 bits per heavy atom. The minimum absolute atomic E-state index is 0.145. The van der Waals surface area contributed by atoms with E-state index in [2.05, 4.69) is 0 Å². The van der Waals surface area contributed by atoms with Crippen molar-refractivity contribution in [2.75, 3.05) is 6.54 Å². The van der Waals surface area contributed by atoms with Crippen LogP contribution in [0.25, 0.3) is 0 Å². The van der Waals surface area contributed by atoms with Crippen molar-refractivity contribution < 1.29 is 24.5 Å². The number of aliphatic hydroxyl groups excluding tert-OH is 1. The predicted octanol–water partition coefficient (Wildman–Crippen LogP) is 1.08. The van der Waals surface area contributed by atoms with Crippen LogP contribution in [0.1, 0.15) is 33.6 Å². The maximum atomic E-state index is 12.1. The fourth-order valence-electron chi connectivity index (χ4n) is 3.12. The number of hydrogen-bond donors (Lipinski definition) is 2. The zero-order valence-corrected chi connectivity index (χ0v) is 11.5. The van der Waals surface area contributed by atoms with Crippen LogP contribution in [0.5, 0.6) is 0 Å². The van der Waals surface area contributed by atoms with Gasteiger partial charge in [-0.25, -0.2) is 9.59 Å². The average molecular weight is 271 g/mol. The third-order valence-corrected chi connectivity index (χ3v) is 3.87. The molecule has 6 heteroatoms. The van der Waals surface area contributed by atoms with Crippen molar-refractivity contribution in [1.29, 1.82) is 0 Å². The third kappa shape index (κ3) is 2.68. The van der Waals surface area contributed by atoms with Crippen LogP contribution < -0.4 is 0 Å². The lowest BCUT2D eigenvalue weighted by atomic mass is 9.93. The Bertz CT molecular complexity index is 389. The van der Waals surface area contributed by atoms with Crippen molar-refractivity contribution in [3.05, 3.63) is 0 Å². The molecule has 6 nitrogen and oxygen atoms in total. The molecule has 0 aromatic heterocycles. The van der Waals surface area contributed by atoms with Gasteiger partial charge in [-0.15, -0.1) is 0 Å². The normalized spacial score (nSPS) is 34.2. The monoisotopic (exact) mass is 271 g/mol. The number of carboxylic acid groups (broad SMARTS) is 1. The second-order valence-corrected chi connectivity index (χ2v) is 6.39. The number of carbonyl (C=O) groups is 2.